The fraction of sp³-hybridized carbons (Fsp3) is 0.429. The molecule has 1 aliphatic rings. The number of rotatable bonds is 4. The largest absolute Gasteiger partial charge is 0.360 e. The van der Waals surface area contributed by atoms with Gasteiger partial charge in [-0.2, -0.15) is 0 Å². The van der Waals surface area contributed by atoms with Crippen molar-refractivity contribution in [2.45, 2.75) is 26.5 Å². The summed E-state index contributed by atoms with van der Waals surface area (Å²) in [4.78, 5) is 0. The summed E-state index contributed by atoms with van der Waals surface area (Å²) in [5.41, 5.74) is 2.57. The smallest absolute Gasteiger partial charge is 0.122 e. The van der Waals surface area contributed by atoms with Gasteiger partial charge in [0.25, 0.3) is 0 Å². The standard InChI is InChI=1S/C14H17NO/c1-11-2-5-14-13(8-11)6-7-15(14)10-16-9-12-3-4-12/h2,5-8,12H,3-4,9-10H2,1H3. The van der Waals surface area contributed by atoms with Crippen molar-refractivity contribution < 1.29 is 4.74 Å². The first kappa shape index (κ1) is 9.91. The van der Waals surface area contributed by atoms with Crippen LogP contribution in [0.2, 0.25) is 0 Å². The van der Waals surface area contributed by atoms with Crippen LogP contribution in [0.5, 0.6) is 0 Å². The molecule has 2 nitrogen and oxygen atoms in total. The first-order valence-electron chi connectivity index (χ1n) is 5.96. The molecule has 1 aromatic carbocycles. The van der Waals surface area contributed by atoms with E-state index in [9.17, 15) is 0 Å². The Morgan fingerprint density at radius 3 is 3.00 bits per heavy atom. The minimum absolute atomic E-state index is 0.684. The van der Waals surface area contributed by atoms with Crippen LogP contribution in [-0.4, -0.2) is 11.2 Å². The summed E-state index contributed by atoms with van der Waals surface area (Å²) in [5, 5.41) is 1.30. The molecule has 1 aromatic heterocycles. The highest BCUT2D eigenvalue weighted by atomic mass is 16.5. The van der Waals surface area contributed by atoms with Crippen molar-refractivity contribution in [3.63, 3.8) is 0 Å². The average Bonchev–Trinajstić information content (AvgIpc) is 3.00. The number of benzene rings is 1. The number of hydrogen-bond donors (Lipinski definition) is 0. The van der Waals surface area contributed by atoms with Crippen LogP contribution in [0.1, 0.15) is 18.4 Å². The van der Waals surface area contributed by atoms with Gasteiger partial charge in [0, 0.05) is 11.7 Å². The second-order valence-corrected chi connectivity index (χ2v) is 4.79. The van der Waals surface area contributed by atoms with Crippen LogP contribution in [0.4, 0.5) is 0 Å². The highest BCUT2D eigenvalue weighted by Gasteiger charge is 2.21. The second kappa shape index (κ2) is 3.95. The molecule has 0 N–H and O–H groups in total. The molecule has 0 saturated heterocycles. The van der Waals surface area contributed by atoms with Gasteiger partial charge in [0.2, 0.25) is 0 Å². The van der Waals surface area contributed by atoms with E-state index in [4.69, 9.17) is 4.74 Å². The second-order valence-electron chi connectivity index (χ2n) is 4.79. The fourth-order valence-corrected chi connectivity index (χ4v) is 2.03. The maximum atomic E-state index is 5.70. The van der Waals surface area contributed by atoms with Crippen molar-refractivity contribution in [2.24, 2.45) is 5.92 Å². The third kappa shape index (κ3) is 1.98. The number of aromatic nitrogens is 1. The van der Waals surface area contributed by atoms with Crippen LogP contribution in [0.15, 0.2) is 30.5 Å². The zero-order chi connectivity index (χ0) is 11.0. The van der Waals surface area contributed by atoms with Gasteiger partial charge in [0.05, 0.1) is 6.61 Å². The number of hydrogen-bond acceptors (Lipinski definition) is 1. The van der Waals surface area contributed by atoms with Gasteiger partial charge in [-0.1, -0.05) is 11.6 Å². The Balaban J connectivity index is 1.75. The van der Waals surface area contributed by atoms with Gasteiger partial charge in [-0.25, -0.2) is 0 Å². The van der Waals surface area contributed by atoms with Gasteiger partial charge < -0.3 is 9.30 Å². The molecular weight excluding hydrogens is 198 g/mol. The Labute approximate surface area is 95.8 Å². The predicted octanol–water partition coefficient (Wildman–Crippen LogP) is 3.33. The molecule has 84 valence electrons. The zero-order valence-electron chi connectivity index (χ0n) is 9.65. The zero-order valence-corrected chi connectivity index (χ0v) is 9.65. The molecule has 1 saturated carbocycles. The normalized spacial score (nSPS) is 15.8. The third-order valence-corrected chi connectivity index (χ3v) is 3.21. The first-order valence-corrected chi connectivity index (χ1v) is 5.96. The SMILES string of the molecule is Cc1ccc2c(ccn2COCC2CC2)c1. The molecule has 1 aliphatic carbocycles. The summed E-state index contributed by atoms with van der Waals surface area (Å²) in [6.07, 6.45) is 4.81. The Kier molecular flexibility index (Phi) is 2.44. The first-order chi connectivity index (χ1) is 7.83. The minimum atomic E-state index is 0.684. The van der Waals surface area contributed by atoms with E-state index in [1.165, 1.54) is 29.3 Å². The van der Waals surface area contributed by atoms with Gasteiger partial charge in [-0.15, -0.1) is 0 Å². The van der Waals surface area contributed by atoms with Gasteiger partial charge in [-0.05, 0) is 49.3 Å². The van der Waals surface area contributed by atoms with Crippen molar-refractivity contribution in [1.29, 1.82) is 0 Å². The maximum absolute atomic E-state index is 5.70. The van der Waals surface area contributed by atoms with Gasteiger partial charge in [0.15, 0.2) is 0 Å². The van der Waals surface area contributed by atoms with Crippen LogP contribution >= 0.6 is 0 Å². The van der Waals surface area contributed by atoms with Crippen molar-refractivity contribution in [3.05, 3.63) is 36.0 Å². The van der Waals surface area contributed by atoms with E-state index in [2.05, 4.69) is 42.0 Å². The predicted molar refractivity (Wildman–Crippen MR) is 65.4 cm³/mol. The number of aryl methyl sites for hydroxylation is 1. The summed E-state index contributed by atoms with van der Waals surface area (Å²) in [5.74, 6) is 0.837. The van der Waals surface area contributed by atoms with Crippen LogP contribution in [0, 0.1) is 12.8 Å². The van der Waals surface area contributed by atoms with Crippen molar-refractivity contribution in [2.75, 3.05) is 6.61 Å². The lowest BCUT2D eigenvalue weighted by Gasteiger charge is -2.06. The highest BCUT2D eigenvalue weighted by Crippen LogP contribution is 2.29. The summed E-state index contributed by atoms with van der Waals surface area (Å²) in [6.45, 7) is 3.73. The lowest BCUT2D eigenvalue weighted by Crippen LogP contribution is -2.03. The Hall–Kier alpha value is -1.28. The molecule has 0 spiro atoms. The quantitative estimate of drug-likeness (QED) is 0.763. The van der Waals surface area contributed by atoms with Crippen LogP contribution in [-0.2, 0) is 11.5 Å². The topological polar surface area (TPSA) is 14.2 Å². The molecule has 16 heavy (non-hydrogen) atoms. The van der Waals surface area contributed by atoms with E-state index in [0.29, 0.717) is 6.73 Å². The number of ether oxygens (including phenoxy) is 1. The van der Waals surface area contributed by atoms with E-state index >= 15 is 0 Å². The van der Waals surface area contributed by atoms with Crippen molar-refractivity contribution in [3.8, 4) is 0 Å². The maximum Gasteiger partial charge on any atom is 0.122 e. The molecular formula is C14H17NO. The minimum Gasteiger partial charge on any atom is -0.360 e. The average molecular weight is 215 g/mol. The fourth-order valence-electron chi connectivity index (χ4n) is 2.03. The molecule has 0 aliphatic heterocycles. The van der Waals surface area contributed by atoms with Crippen LogP contribution < -0.4 is 0 Å². The molecule has 3 rings (SSSR count). The molecule has 0 atom stereocenters. The van der Waals surface area contributed by atoms with E-state index in [0.717, 1.165) is 12.5 Å². The molecule has 0 radical (unpaired) electrons. The molecule has 0 amide bonds. The van der Waals surface area contributed by atoms with Crippen molar-refractivity contribution >= 4 is 10.9 Å². The highest BCUT2D eigenvalue weighted by molar-refractivity contribution is 5.80. The number of fused-ring (bicyclic) bond motifs is 1. The lowest BCUT2D eigenvalue weighted by atomic mass is 10.2. The van der Waals surface area contributed by atoms with E-state index < -0.39 is 0 Å². The van der Waals surface area contributed by atoms with Crippen LogP contribution in [0.3, 0.4) is 0 Å². The molecule has 0 bridgehead atoms. The Morgan fingerprint density at radius 1 is 1.31 bits per heavy atom. The van der Waals surface area contributed by atoms with Gasteiger partial charge >= 0.3 is 0 Å². The Morgan fingerprint density at radius 2 is 2.19 bits per heavy atom. The summed E-state index contributed by atoms with van der Waals surface area (Å²) >= 11 is 0. The number of nitrogens with zero attached hydrogens (tertiary/aromatic N) is 1. The van der Waals surface area contributed by atoms with E-state index in [1.807, 2.05) is 0 Å². The van der Waals surface area contributed by atoms with Crippen LogP contribution in [0.25, 0.3) is 10.9 Å². The summed E-state index contributed by atoms with van der Waals surface area (Å²) < 4.78 is 7.88. The monoisotopic (exact) mass is 215 g/mol. The van der Waals surface area contributed by atoms with E-state index in [1.54, 1.807) is 0 Å². The summed E-state index contributed by atoms with van der Waals surface area (Å²) in [7, 11) is 0. The van der Waals surface area contributed by atoms with E-state index in [-0.39, 0.29) is 0 Å². The third-order valence-electron chi connectivity index (χ3n) is 3.21. The molecule has 0 unspecified atom stereocenters. The molecule has 1 heterocycles. The van der Waals surface area contributed by atoms with Gasteiger partial charge in [0.1, 0.15) is 6.73 Å². The van der Waals surface area contributed by atoms with Gasteiger partial charge in [-0.3, -0.25) is 0 Å². The molecule has 1 fully saturated rings. The lowest BCUT2D eigenvalue weighted by molar-refractivity contribution is 0.0718. The Bertz CT molecular complexity index is 496. The summed E-state index contributed by atoms with van der Waals surface area (Å²) in [6, 6.07) is 8.69. The van der Waals surface area contributed by atoms with Crippen molar-refractivity contribution in [1.82, 2.24) is 4.57 Å². The molecule has 2 heteroatoms. The molecule has 2 aromatic rings.